The van der Waals surface area contributed by atoms with Crippen molar-refractivity contribution in [3.8, 4) is 0 Å². The molecule has 0 bridgehead atoms. The molecule has 0 radical (unpaired) electrons. The molecular formula is C22H34ClF10NO. The molecule has 0 saturated heterocycles. The average Bonchev–Trinajstić information content (AvgIpc) is 2.75. The minimum atomic E-state index is -7.34. The molecule has 0 saturated carbocycles. The quantitative estimate of drug-likeness (QED) is 0.0888. The number of carbonyl (C=O) groups excluding carboxylic acids is 1. The van der Waals surface area contributed by atoms with Crippen molar-refractivity contribution in [2.45, 2.75) is 120 Å². The maximum Gasteiger partial charge on any atom is 0.393 e. The van der Waals surface area contributed by atoms with Gasteiger partial charge in [0.25, 0.3) is 5.91 Å². The van der Waals surface area contributed by atoms with Crippen LogP contribution in [0.1, 0.15) is 90.9 Å². The van der Waals surface area contributed by atoms with Crippen molar-refractivity contribution in [2.24, 2.45) is 0 Å². The van der Waals surface area contributed by atoms with Crippen LogP contribution in [0, 0.1) is 0 Å². The van der Waals surface area contributed by atoms with Gasteiger partial charge in [-0.25, -0.2) is 0 Å². The van der Waals surface area contributed by atoms with E-state index in [2.05, 4.69) is 11.6 Å². The zero-order valence-electron chi connectivity index (χ0n) is 19.9. The van der Waals surface area contributed by atoms with E-state index in [0.29, 0.717) is 25.7 Å². The summed E-state index contributed by atoms with van der Waals surface area (Å²) in [5, 5.41) is -6.28. The van der Waals surface area contributed by atoms with Crippen LogP contribution in [0.15, 0.2) is 0 Å². The second-order valence-corrected chi connectivity index (χ2v) is 9.10. The first kappa shape index (κ1) is 34.1. The number of hydrogen-bond donors (Lipinski definition) is 0. The zero-order valence-corrected chi connectivity index (χ0v) is 20.7. The third-order valence-electron chi connectivity index (χ3n) is 5.66. The van der Waals surface area contributed by atoms with E-state index in [9.17, 15) is 48.7 Å². The molecule has 0 rings (SSSR count). The Morgan fingerprint density at radius 2 is 0.914 bits per heavy atom. The molecule has 0 aliphatic heterocycles. The Balaban J connectivity index is 5.66. The first-order valence-corrected chi connectivity index (χ1v) is 12.2. The fourth-order valence-corrected chi connectivity index (χ4v) is 3.50. The van der Waals surface area contributed by atoms with Crippen LogP contribution >= 0.6 is 11.6 Å². The van der Waals surface area contributed by atoms with E-state index in [-0.39, 0.29) is 17.7 Å². The van der Waals surface area contributed by atoms with Crippen LogP contribution in [-0.2, 0) is 4.79 Å². The molecule has 0 fully saturated rings. The summed E-state index contributed by atoms with van der Waals surface area (Å²) in [6.45, 7) is 2.89. The second kappa shape index (κ2) is 14.1. The molecule has 0 spiro atoms. The van der Waals surface area contributed by atoms with Gasteiger partial charge in [0.2, 0.25) is 0 Å². The van der Waals surface area contributed by atoms with Gasteiger partial charge in [-0.3, -0.25) is 4.79 Å². The first-order chi connectivity index (χ1) is 15.9. The fourth-order valence-electron chi connectivity index (χ4n) is 3.39. The SMILES string of the molecule is CCCCCCCCN(CCCCCCCC)C(=O)C(F)(F)C(F)(F)C(F)(F)C(F)(F)C(F)(F)Cl. The van der Waals surface area contributed by atoms with Crippen LogP contribution in [0.4, 0.5) is 43.9 Å². The lowest BCUT2D eigenvalue weighted by atomic mass is 9.97. The highest BCUT2D eigenvalue weighted by atomic mass is 35.5. The van der Waals surface area contributed by atoms with Gasteiger partial charge in [-0.15, -0.1) is 0 Å². The molecule has 0 heterocycles. The van der Waals surface area contributed by atoms with Crippen LogP contribution < -0.4 is 0 Å². The molecule has 13 heteroatoms. The fraction of sp³-hybridized carbons (Fsp3) is 0.955. The number of unbranched alkanes of at least 4 members (excludes halogenated alkanes) is 10. The van der Waals surface area contributed by atoms with Crippen LogP contribution in [0.5, 0.6) is 0 Å². The van der Waals surface area contributed by atoms with E-state index in [1.165, 1.54) is 0 Å². The Morgan fingerprint density at radius 1 is 0.571 bits per heavy atom. The van der Waals surface area contributed by atoms with Gasteiger partial charge in [0.05, 0.1) is 0 Å². The molecule has 0 aliphatic rings. The van der Waals surface area contributed by atoms with Gasteiger partial charge in [-0.2, -0.15) is 43.9 Å². The normalized spacial score (nSPS) is 13.9. The number of rotatable bonds is 19. The van der Waals surface area contributed by atoms with Gasteiger partial charge in [-0.05, 0) is 24.4 Å². The van der Waals surface area contributed by atoms with Crippen molar-refractivity contribution in [2.75, 3.05) is 13.1 Å². The molecule has 0 N–H and O–H groups in total. The number of carbonyl (C=O) groups is 1. The highest BCUT2D eigenvalue weighted by Crippen LogP contribution is 2.58. The third-order valence-corrected chi connectivity index (χ3v) is 5.90. The predicted octanol–water partition coefficient (Wildman–Crippen LogP) is 8.91. The van der Waals surface area contributed by atoms with Crippen LogP contribution in [-0.4, -0.2) is 53.0 Å². The highest BCUT2D eigenvalue weighted by molar-refractivity contribution is 6.22. The summed E-state index contributed by atoms with van der Waals surface area (Å²) < 4.78 is 136. The van der Waals surface area contributed by atoms with E-state index in [1.807, 2.05) is 13.8 Å². The lowest BCUT2D eigenvalue weighted by Crippen LogP contribution is -2.69. The minimum Gasteiger partial charge on any atom is -0.337 e. The Bertz CT molecular complexity index is 610. The molecule has 210 valence electrons. The second-order valence-electron chi connectivity index (χ2n) is 8.62. The number of alkyl halides is 11. The smallest absolute Gasteiger partial charge is 0.337 e. The van der Waals surface area contributed by atoms with E-state index in [4.69, 9.17) is 0 Å². The summed E-state index contributed by atoms with van der Waals surface area (Å²) in [6.07, 6.45) is 7.49. The minimum absolute atomic E-state index is 0.0826. The number of hydrogen-bond acceptors (Lipinski definition) is 1. The van der Waals surface area contributed by atoms with Crippen molar-refractivity contribution >= 4 is 17.5 Å². The van der Waals surface area contributed by atoms with E-state index < -0.39 is 48.1 Å². The molecule has 2 nitrogen and oxygen atoms in total. The topological polar surface area (TPSA) is 20.3 Å². The highest BCUT2D eigenvalue weighted by Gasteiger charge is 2.87. The molecule has 0 atom stereocenters. The number of halogens is 11. The van der Waals surface area contributed by atoms with Gasteiger partial charge in [0.1, 0.15) is 0 Å². The lowest BCUT2D eigenvalue weighted by Gasteiger charge is -2.38. The maximum absolute atomic E-state index is 14.4. The van der Waals surface area contributed by atoms with E-state index >= 15 is 0 Å². The molecule has 0 aromatic carbocycles. The summed E-state index contributed by atoms with van der Waals surface area (Å²) in [7, 11) is 0. The molecule has 0 aliphatic carbocycles. The summed E-state index contributed by atoms with van der Waals surface area (Å²) >= 11 is 3.81. The van der Waals surface area contributed by atoms with Gasteiger partial charge >= 0.3 is 29.1 Å². The van der Waals surface area contributed by atoms with Crippen molar-refractivity contribution < 1.29 is 48.7 Å². The Hall–Kier alpha value is -0.940. The first-order valence-electron chi connectivity index (χ1n) is 11.8. The third kappa shape index (κ3) is 8.55. The van der Waals surface area contributed by atoms with Gasteiger partial charge < -0.3 is 4.90 Å². The van der Waals surface area contributed by atoms with Crippen molar-refractivity contribution in [3.05, 3.63) is 0 Å². The predicted molar refractivity (Wildman–Crippen MR) is 114 cm³/mol. The number of nitrogens with zero attached hydrogens (tertiary/aromatic N) is 1. The monoisotopic (exact) mass is 553 g/mol. The Kier molecular flexibility index (Phi) is 13.7. The molecular weight excluding hydrogens is 520 g/mol. The summed E-state index contributed by atoms with van der Waals surface area (Å²) in [4.78, 5) is 12.5. The van der Waals surface area contributed by atoms with E-state index in [0.717, 1.165) is 38.5 Å². The average molecular weight is 554 g/mol. The summed E-state index contributed by atoms with van der Waals surface area (Å²) in [5.74, 6) is -30.8. The summed E-state index contributed by atoms with van der Waals surface area (Å²) in [6, 6.07) is 0. The maximum atomic E-state index is 14.4. The van der Waals surface area contributed by atoms with Crippen LogP contribution in [0.25, 0.3) is 0 Å². The Labute approximate surface area is 204 Å². The van der Waals surface area contributed by atoms with Gasteiger partial charge in [0.15, 0.2) is 0 Å². The molecule has 35 heavy (non-hydrogen) atoms. The van der Waals surface area contributed by atoms with Gasteiger partial charge in [0, 0.05) is 13.1 Å². The van der Waals surface area contributed by atoms with Crippen LogP contribution in [0.2, 0.25) is 0 Å². The molecule has 0 unspecified atom stereocenters. The largest absolute Gasteiger partial charge is 0.393 e. The zero-order chi connectivity index (χ0) is 27.6. The van der Waals surface area contributed by atoms with Crippen molar-refractivity contribution in [3.63, 3.8) is 0 Å². The van der Waals surface area contributed by atoms with E-state index in [1.54, 1.807) is 0 Å². The molecule has 0 aromatic heterocycles. The Morgan fingerprint density at radius 3 is 1.26 bits per heavy atom. The van der Waals surface area contributed by atoms with Crippen LogP contribution in [0.3, 0.4) is 0 Å². The standard InChI is InChI=1S/C22H34ClF10NO/c1-3-5-7-9-11-13-15-34(16-14-12-10-8-6-4-2)17(35)18(24,25)19(26,27)20(28,29)21(30,31)22(23,32)33/h3-16H2,1-2H3. The molecule has 0 aromatic rings. The lowest BCUT2D eigenvalue weighted by molar-refractivity contribution is -0.383. The number of amides is 1. The van der Waals surface area contributed by atoms with Crippen molar-refractivity contribution in [1.29, 1.82) is 0 Å². The summed E-state index contributed by atoms with van der Waals surface area (Å²) in [5.41, 5.74) is 0. The van der Waals surface area contributed by atoms with Crippen molar-refractivity contribution in [1.82, 2.24) is 4.90 Å². The van der Waals surface area contributed by atoms with Gasteiger partial charge in [-0.1, -0.05) is 78.1 Å². The molecule has 1 amide bonds.